The Hall–Kier alpha value is -2.57. The summed E-state index contributed by atoms with van der Waals surface area (Å²) in [6.45, 7) is 1.54. The molecular formula is C17H23N5O2. The first-order valence-electron chi connectivity index (χ1n) is 8.18. The number of aromatic nitrogens is 3. The van der Waals surface area contributed by atoms with Crippen LogP contribution in [0.4, 0.5) is 10.5 Å². The number of hydrogen-bond donors (Lipinski definition) is 1. The molecule has 0 saturated carbocycles. The van der Waals surface area contributed by atoms with E-state index in [1.165, 1.54) is 0 Å². The molecule has 1 saturated heterocycles. The van der Waals surface area contributed by atoms with Gasteiger partial charge in [0.2, 0.25) is 5.88 Å². The second-order valence-electron chi connectivity index (χ2n) is 6.13. The fraction of sp³-hybridized carbons (Fsp3) is 0.471. The molecule has 1 N–H and O–H groups in total. The van der Waals surface area contributed by atoms with Crippen LogP contribution in [0.25, 0.3) is 0 Å². The third-order valence-corrected chi connectivity index (χ3v) is 4.40. The largest absolute Gasteiger partial charge is 0.481 e. The van der Waals surface area contributed by atoms with Crippen LogP contribution >= 0.6 is 0 Å². The molecule has 7 heteroatoms. The molecule has 24 heavy (non-hydrogen) atoms. The predicted octanol–water partition coefficient (Wildman–Crippen LogP) is 2.31. The number of carbonyl (C=O) groups excluding carboxylic acids is 1. The number of anilines is 1. The smallest absolute Gasteiger partial charge is 0.321 e. The minimum atomic E-state index is -0.0773. The number of ether oxygens (including phenoxy) is 1. The van der Waals surface area contributed by atoms with Gasteiger partial charge < -0.3 is 19.5 Å². The van der Waals surface area contributed by atoms with E-state index in [0.29, 0.717) is 17.5 Å². The molecule has 2 aromatic rings. The zero-order valence-corrected chi connectivity index (χ0v) is 14.1. The summed E-state index contributed by atoms with van der Waals surface area (Å²) >= 11 is 0. The molecule has 0 spiro atoms. The SMILES string of the molecule is COc1ccc(NC(=O)N2CCCC(Cc3nccn3C)C2)cn1. The summed E-state index contributed by atoms with van der Waals surface area (Å²) in [7, 11) is 3.57. The molecule has 3 heterocycles. The van der Waals surface area contributed by atoms with Gasteiger partial charge in [0.05, 0.1) is 19.0 Å². The quantitative estimate of drug-likeness (QED) is 0.934. The average molecular weight is 329 g/mol. The van der Waals surface area contributed by atoms with E-state index in [-0.39, 0.29) is 6.03 Å². The molecule has 2 amide bonds. The van der Waals surface area contributed by atoms with E-state index in [1.807, 2.05) is 28.9 Å². The number of imidazole rings is 1. The molecule has 1 aliphatic rings. The van der Waals surface area contributed by atoms with Gasteiger partial charge in [-0.05, 0) is 24.8 Å². The van der Waals surface area contributed by atoms with Crippen LogP contribution in [0.5, 0.6) is 5.88 Å². The maximum atomic E-state index is 12.5. The highest BCUT2D eigenvalue weighted by Gasteiger charge is 2.24. The Bertz CT molecular complexity index is 683. The number of hydrogen-bond acceptors (Lipinski definition) is 4. The van der Waals surface area contributed by atoms with Crippen LogP contribution in [0.15, 0.2) is 30.7 Å². The normalized spacial score (nSPS) is 17.6. The molecule has 1 aliphatic heterocycles. The number of nitrogens with one attached hydrogen (secondary N) is 1. The zero-order chi connectivity index (χ0) is 16.9. The number of methoxy groups -OCH3 is 1. The first-order chi connectivity index (χ1) is 11.7. The van der Waals surface area contributed by atoms with Crippen molar-refractivity contribution in [3.8, 4) is 5.88 Å². The van der Waals surface area contributed by atoms with Crippen molar-refractivity contribution in [1.29, 1.82) is 0 Å². The van der Waals surface area contributed by atoms with Gasteiger partial charge in [-0.1, -0.05) is 0 Å². The van der Waals surface area contributed by atoms with E-state index in [1.54, 1.807) is 25.4 Å². The molecule has 3 rings (SSSR count). The van der Waals surface area contributed by atoms with Gasteiger partial charge in [-0.15, -0.1) is 0 Å². The van der Waals surface area contributed by atoms with E-state index in [2.05, 4.69) is 15.3 Å². The molecule has 0 aromatic carbocycles. The fourth-order valence-corrected chi connectivity index (χ4v) is 3.05. The van der Waals surface area contributed by atoms with E-state index in [4.69, 9.17) is 4.74 Å². The summed E-state index contributed by atoms with van der Waals surface area (Å²) in [4.78, 5) is 22.8. The number of pyridine rings is 1. The van der Waals surface area contributed by atoms with Gasteiger partial charge in [-0.25, -0.2) is 14.8 Å². The number of carbonyl (C=O) groups is 1. The Morgan fingerprint density at radius 3 is 2.96 bits per heavy atom. The van der Waals surface area contributed by atoms with Crippen LogP contribution in [0.1, 0.15) is 18.7 Å². The Labute approximate surface area is 141 Å². The van der Waals surface area contributed by atoms with Crippen molar-refractivity contribution in [2.24, 2.45) is 13.0 Å². The number of rotatable bonds is 4. The topological polar surface area (TPSA) is 72.3 Å². The number of urea groups is 1. The molecule has 1 fully saturated rings. The summed E-state index contributed by atoms with van der Waals surface area (Å²) in [5, 5.41) is 2.90. The minimum absolute atomic E-state index is 0.0773. The molecule has 0 aliphatic carbocycles. The Morgan fingerprint density at radius 1 is 1.42 bits per heavy atom. The average Bonchev–Trinajstić information content (AvgIpc) is 3.00. The van der Waals surface area contributed by atoms with Gasteiger partial charge in [-0.2, -0.15) is 0 Å². The van der Waals surface area contributed by atoms with Crippen molar-refractivity contribution >= 4 is 11.7 Å². The molecule has 128 valence electrons. The fourth-order valence-electron chi connectivity index (χ4n) is 3.05. The summed E-state index contributed by atoms with van der Waals surface area (Å²) in [5.74, 6) is 2.04. The Morgan fingerprint density at radius 2 is 2.29 bits per heavy atom. The van der Waals surface area contributed by atoms with E-state index >= 15 is 0 Å². The van der Waals surface area contributed by atoms with Gasteiger partial charge in [0.15, 0.2) is 0 Å². The third-order valence-electron chi connectivity index (χ3n) is 4.40. The lowest BCUT2D eigenvalue weighted by Crippen LogP contribution is -2.43. The van der Waals surface area contributed by atoms with Crippen molar-refractivity contribution in [2.75, 3.05) is 25.5 Å². The second-order valence-corrected chi connectivity index (χ2v) is 6.13. The maximum absolute atomic E-state index is 12.5. The predicted molar refractivity (Wildman–Crippen MR) is 91.0 cm³/mol. The van der Waals surface area contributed by atoms with Crippen LogP contribution in [0.2, 0.25) is 0 Å². The minimum Gasteiger partial charge on any atom is -0.481 e. The summed E-state index contributed by atoms with van der Waals surface area (Å²) in [6.07, 6.45) is 8.42. The van der Waals surface area contributed by atoms with E-state index in [9.17, 15) is 4.79 Å². The third kappa shape index (κ3) is 3.84. The lowest BCUT2D eigenvalue weighted by atomic mass is 9.94. The molecule has 0 bridgehead atoms. The van der Waals surface area contributed by atoms with Crippen LogP contribution in [0.3, 0.4) is 0 Å². The molecule has 7 nitrogen and oxygen atoms in total. The molecule has 1 unspecified atom stereocenters. The van der Waals surface area contributed by atoms with Crippen molar-refractivity contribution in [1.82, 2.24) is 19.4 Å². The highest BCUT2D eigenvalue weighted by molar-refractivity contribution is 5.89. The lowest BCUT2D eigenvalue weighted by molar-refractivity contribution is 0.176. The molecule has 2 aromatic heterocycles. The van der Waals surface area contributed by atoms with Gasteiger partial charge >= 0.3 is 6.03 Å². The van der Waals surface area contributed by atoms with Crippen LogP contribution in [0, 0.1) is 5.92 Å². The second kappa shape index (κ2) is 7.33. The molecule has 1 atom stereocenters. The number of likely N-dealkylation sites (tertiary alicyclic amines) is 1. The number of aryl methyl sites for hydroxylation is 1. The van der Waals surface area contributed by atoms with Crippen LogP contribution < -0.4 is 10.1 Å². The summed E-state index contributed by atoms with van der Waals surface area (Å²) < 4.78 is 7.07. The monoisotopic (exact) mass is 329 g/mol. The van der Waals surface area contributed by atoms with E-state index in [0.717, 1.165) is 38.2 Å². The van der Waals surface area contributed by atoms with Crippen molar-refractivity contribution in [3.63, 3.8) is 0 Å². The Kier molecular flexibility index (Phi) is 4.98. The van der Waals surface area contributed by atoms with Gasteiger partial charge in [0.25, 0.3) is 0 Å². The number of piperidine rings is 1. The van der Waals surface area contributed by atoms with Crippen molar-refractivity contribution in [3.05, 3.63) is 36.5 Å². The highest BCUT2D eigenvalue weighted by Crippen LogP contribution is 2.21. The standard InChI is InChI=1S/C17H23N5O2/c1-21-9-7-18-15(21)10-13-4-3-8-22(12-13)17(23)20-14-5-6-16(24-2)19-11-14/h5-7,9,11,13H,3-4,8,10,12H2,1-2H3,(H,20,23). The first-order valence-corrected chi connectivity index (χ1v) is 8.18. The first kappa shape index (κ1) is 16.3. The number of amides is 2. The van der Waals surface area contributed by atoms with Crippen LogP contribution in [-0.2, 0) is 13.5 Å². The van der Waals surface area contributed by atoms with Gasteiger partial charge in [-0.3, -0.25) is 0 Å². The lowest BCUT2D eigenvalue weighted by Gasteiger charge is -2.32. The molecular weight excluding hydrogens is 306 g/mol. The van der Waals surface area contributed by atoms with E-state index < -0.39 is 0 Å². The maximum Gasteiger partial charge on any atom is 0.321 e. The van der Waals surface area contributed by atoms with Gasteiger partial charge in [0, 0.05) is 45.0 Å². The van der Waals surface area contributed by atoms with Crippen LogP contribution in [-0.4, -0.2) is 45.7 Å². The molecule has 0 radical (unpaired) electrons. The number of nitrogens with zero attached hydrogens (tertiary/aromatic N) is 4. The Balaban J connectivity index is 1.57. The van der Waals surface area contributed by atoms with Gasteiger partial charge in [0.1, 0.15) is 5.82 Å². The van der Waals surface area contributed by atoms with Crippen molar-refractivity contribution in [2.45, 2.75) is 19.3 Å². The summed E-state index contributed by atoms with van der Waals surface area (Å²) in [5.41, 5.74) is 0.673. The highest BCUT2D eigenvalue weighted by atomic mass is 16.5. The zero-order valence-electron chi connectivity index (χ0n) is 14.1. The summed E-state index contributed by atoms with van der Waals surface area (Å²) in [6, 6.07) is 3.45. The van der Waals surface area contributed by atoms with Crippen molar-refractivity contribution < 1.29 is 9.53 Å².